The molecule has 3 aromatic rings. The Kier molecular flexibility index (Phi) is 6.25. The fraction of sp³-hybridized carbons (Fsp3) is 0.158. The van der Waals surface area contributed by atoms with E-state index in [-0.39, 0.29) is 13.2 Å². The van der Waals surface area contributed by atoms with Crippen LogP contribution in [0.2, 0.25) is 0 Å². The number of carbonyl (C=O) groups is 1. The van der Waals surface area contributed by atoms with Gasteiger partial charge in [0.05, 0.1) is 18.4 Å². The van der Waals surface area contributed by atoms with Crippen molar-refractivity contribution < 1.29 is 19.0 Å². The third-order valence-electron chi connectivity index (χ3n) is 3.42. The SMILES string of the molecule is COc1ccccc1-c1nc(COC(=O)COc2cccc(Br)c2)cs1. The summed E-state index contributed by atoms with van der Waals surface area (Å²) < 4.78 is 16.9. The number of benzene rings is 2. The molecule has 1 heterocycles. The van der Waals surface area contributed by atoms with E-state index in [1.54, 1.807) is 19.2 Å². The van der Waals surface area contributed by atoms with Crippen LogP contribution >= 0.6 is 27.3 Å². The number of thiazole rings is 1. The van der Waals surface area contributed by atoms with E-state index in [1.807, 2.05) is 41.8 Å². The molecule has 0 radical (unpaired) electrons. The van der Waals surface area contributed by atoms with Gasteiger partial charge in [-0.25, -0.2) is 9.78 Å². The normalized spacial score (nSPS) is 10.4. The maximum absolute atomic E-state index is 11.8. The van der Waals surface area contributed by atoms with Gasteiger partial charge in [0, 0.05) is 9.85 Å². The minimum atomic E-state index is -0.447. The average molecular weight is 434 g/mol. The number of carbonyl (C=O) groups excluding carboxylic acids is 1. The van der Waals surface area contributed by atoms with Crippen LogP contribution in [0.4, 0.5) is 0 Å². The van der Waals surface area contributed by atoms with Gasteiger partial charge >= 0.3 is 5.97 Å². The fourth-order valence-corrected chi connectivity index (χ4v) is 3.43. The van der Waals surface area contributed by atoms with Crippen LogP contribution in [0.1, 0.15) is 5.69 Å². The third kappa shape index (κ3) is 4.83. The molecule has 1 aromatic heterocycles. The number of hydrogen-bond donors (Lipinski definition) is 0. The molecule has 0 aliphatic heterocycles. The fourth-order valence-electron chi connectivity index (χ4n) is 2.21. The predicted molar refractivity (Wildman–Crippen MR) is 104 cm³/mol. The minimum Gasteiger partial charge on any atom is -0.496 e. The van der Waals surface area contributed by atoms with Gasteiger partial charge in [-0.2, -0.15) is 0 Å². The third-order valence-corrected chi connectivity index (χ3v) is 4.84. The Bertz CT molecular complexity index is 897. The van der Waals surface area contributed by atoms with E-state index < -0.39 is 5.97 Å². The van der Waals surface area contributed by atoms with Crippen molar-refractivity contribution in [1.82, 2.24) is 4.98 Å². The molecule has 0 atom stereocenters. The number of ether oxygens (including phenoxy) is 3. The van der Waals surface area contributed by atoms with E-state index in [2.05, 4.69) is 20.9 Å². The van der Waals surface area contributed by atoms with Gasteiger partial charge in [0.25, 0.3) is 0 Å². The molecule has 0 unspecified atom stereocenters. The summed E-state index contributed by atoms with van der Waals surface area (Å²) >= 11 is 4.83. The van der Waals surface area contributed by atoms with Crippen molar-refractivity contribution >= 4 is 33.2 Å². The molecule has 0 saturated carbocycles. The van der Waals surface area contributed by atoms with Crippen LogP contribution < -0.4 is 9.47 Å². The predicted octanol–water partition coefficient (Wildman–Crippen LogP) is 4.70. The molecular formula is C19H16BrNO4S. The van der Waals surface area contributed by atoms with E-state index in [4.69, 9.17) is 14.2 Å². The van der Waals surface area contributed by atoms with Crippen molar-refractivity contribution in [2.45, 2.75) is 6.61 Å². The number of esters is 1. The molecule has 0 aliphatic carbocycles. The van der Waals surface area contributed by atoms with Crippen molar-refractivity contribution in [1.29, 1.82) is 0 Å². The van der Waals surface area contributed by atoms with E-state index in [9.17, 15) is 4.79 Å². The van der Waals surface area contributed by atoms with Crippen LogP contribution in [-0.2, 0) is 16.1 Å². The van der Waals surface area contributed by atoms with Crippen LogP contribution in [0.25, 0.3) is 10.6 Å². The topological polar surface area (TPSA) is 57.7 Å². The van der Waals surface area contributed by atoms with Gasteiger partial charge in [0.15, 0.2) is 6.61 Å². The maximum atomic E-state index is 11.8. The Labute approximate surface area is 163 Å². The number of halogens is 1. The second-order valence-corrected chi connectivity index (χ2v) is 7.02. The summed E-state index contributed by atoms with van der Waals surface area (Å²) in [6.07, 6.45) is 0. The van der Waals surface area contributed by atoms with Gasteiger partial charge in [-0.3, -0.25) is 0 Å². The van der Waals surface area contributed by atoms with E-state index in [1.165, 1.54) is 11.3 Å². The highest BCUT2D eigenvalue weighted by atomic mass is 79.9. The second-order valence-electron chi connectivity index (χ2n) is 5.25. The quantitative estimate of drug-likeness (QED) is 0.505. The summed E-state index contributed by atoms with van der Waals surface area (Å²) in [5, 5.41) is 2.68. The van der Waals surface area contributed by atoms with Crippen LogP contribution in [-0.4, -0.2) is 24.7 Å². The first kappa shape index (κ1) is 18.4. The molecule has 0 bridgehead atoms. The lowest BCUT2D eigenvalue weighted by Gasteiger charge is -2.06. The maximum Gasteiger partial charge on any atom is 0.344 e. The standard InChI is InChI=1S/C19H16BrNO4S/c1-23-17-8-3-2-7-16(17)19-21-14(12-26-19)10-25-18(22)11-24-15-6-4-5-13(20)9-15/h2-9,12H,10-11H2,1H3. The summed E-state index contributed by atoms with van der Waals surface area (Å²) in [5.74, 6) is 0.910. The van der Waals surface area contributed by atoms with Crippen molar-refractivity contribution in [2.75, 3.05) is 13.7 Å². The molecule has 0 amide bonds. The number of methoxy groups -OCH3 is 1. The molecule has 3 rings (SSSR count). The summed E-state index contributed by atoms with van der Waals surface area (Å²) in [6, 6.07) is 14.9. The highest BCUT2D eigenvalue weighted by molar-refractivity contribution is 9.10. The lowest BCUT2D eigenvalue weighted by Crippen LogP contribution is -2.14. The number of aromatic nitrogens is 1. The van der Waals surface area contributed by atoms with Crippen molar-refractivity contribution in [3.8, 4) is 22.1 Å². The Morgan fingerprint density at radius 3 is 2.85 bits per heavy atom. The Balaban J connectivity index is 1.54. The summed E-state index contributed by atoms with van der Waals surface area (Å²) in [4.78, 5) is 16.4. The largest absolute Gasteiger partial charge is 0.496 e. The summed E-state index contributed by atoms with van der Waals surface area (Å²) in [6.45, 7) is -0.0493. The molecule has 26 heavy (non-hydrogen) atoms. The van der Waals surface area contributed by atoms with Crippen LogP contribution in [0.5, 0.6) is 11.5 Å². The molecule has 0 saturated heterocycles. The Hall–Kier alpha value is -2.38. The van der Waals surface area contributed by atoms with E-state index in [0.717, 1.165) is 20.8 Å². The van der Waals surface area contributed by atoms with E-state index >= 15 is 0 Å². The van der Waals surface area contributed by atoms with Crippen molar-refractivity contribution in [3.63, 3.8) is 0 Å². The molecule has 134 valence electrons. The van der Waals surface area contributed by atoms with Gasteiger partial charge in [0.1, 0.15) is 23.1 Å². The van der Waals surface area contributed by atoms with Crippen LogP contribution in [0, 0.1) is 0 Å². The molecule has 0 N–H and O–H groups in total. The van der Waals surface area contributed by atoms with Gasteiger partial charge in [-0.05, 0) is 30.3 Å². The lowest BCUT2D eigenvalue weighted by molar-refractivity contribution is -0.147. The number of hydrogen-bond acceptors (Lipinski definition) is 6. The van der Waals surface area contributed by atoms with Gasteiger partial charge < -0.3 is 14.2 Å². The highest BCUT2D eigenvalue weighted by Gasteiger charge is 2.11. The Morgan fingerprint density at radius 1 is 1.19 bits per heavy atom. The summed E-state index contributed by atoms with van der Waals surface area (Å²) in [7, 11) is 1.63. The van der Waals surface area contributed by atoms with Crippen molar-refractivity contribution in [3.05, 3.63) is 64.1 Å². The molecule has 5 nitrogen and oxygen atoms in total. The first-order chi connectivity index (χ1) is 12.7. The van der Waals surface area contributed by atoms with Crippen molar-refractivity contribution in [2.24, 2.45) is 0 Å². The minimum absolute atomic E-state index is 0.103. The molecule has 0 spiro atoms. The zero-order valence-corrected chi connectivity index (χ0v) is 16.4. The average Bonchev–Trinajstić information content (AvgIpc) is 3.13. The zero-order chi connectivity index (χ0) is 18.4. The highest BCUT2D eigenvalue weighted by Crippen LogP contribution is 2.31. The van der Waals surface area contributed by atoms with E-state index in [0.29, 0.717) is 11.4 Å². The molecule has 0 aliphatic rings. The molecule has 7 heteroatoms. The smallest absolute Gasteiger partial charge is 0.344 e. The molecule has 2 aromatic carbocycles. The number of rotatable bonds is 7. The second kappa shape index (κ2) is 8.82. The first-order valence-electron chi connectivity index (χ1n) is 7.77. The number of nitrogens with zero attached hydrogens (tertiary/aromatic N) is 1. The molecule has 0 fully saturated rings. The lowest BCUT2D eigenvalue weighted by atomic mass is 10.2. The molecular weight excluding hydrogens is 418 g/mol. The van der Waals surface area contributed by atoms with Crippen LogP contribution in [0.15, 0.2) is 58.4 Å². The summed E-state index contributed by atoms with van der Waals surface area (Å²) in [5.41, 5.74) is 1.60. The first-order valence-corrected chi connectivity index (χ1v) is 9.45. The Morgan fingerprint density at radius 2 is 2.04 bits per heavy atom. The van der Waals surface area contributed by atoms with Gasteiger partial charge in [-0.15, -0.1) is 11.3 Å². The zero-order valence-electron chi connectivity index (χ0n) is 14.0. The monoisotopic (exact) mass is 433 g/mol. The number of para-hydroxylation sites is 1. The van der Waals surface area contributed by atoms with Gasteiger partial charge in [-0.1, -0.05) is 34.1 Å². The van der Waals surface area contributed by atoms with Gasteiger partial charge in [0.2, 0.25) is 0 Å². The van der Waals surface area contributed by atoms with Crippen LogP contribution in [0.3, 0.4) is 0 Å².